The molecule has 0 saturated heterocycles. The number of hydrogen-bond acceptors (Lipinski definition) is 10. The van der Waals surface area contributed by atoms with Crippen LogP contribution in [0.2, 0.25) is 0 Å². The van der Waals surface area contributed by atoms with Gasteiger partial charge in [-0.25, -0.2) is 0 Å². The minimum Gasteiger partial charge on any atom is -0.493 e. The van der Waals surface area contributed by atoms with E-state index in [9.17, 15) is 14.4 Å². The van der Waals surface area contributed by atoms with Crippen LogP contribution >= 0.6 is 0 Å². The minimum atomic E-state index is -0.804. The normalized spacial score (nSPS) is 14.0. The third kappa shape index (κ3) is 7.16. The quantitative estimate of drug-likeness (QED) is 0.246. The fourth-order valence-electron chi connectivity index (χ4n) is 5.90. The lowest BCUT2D eigenvalue weighted by atomic mass is 9.95. The van der Waals surface area contributed by atoms with Crippen molar-refractivity contribution < 1.29 is 38.0 Å². The first kappa shape index (κ1) is 34.7. The number of amides is 2. The Hall–Kier alpha value is -5.13. The Balaban J connectivity index is 1.82. The summed E-state index contributed by atoms with van der Waals surface area (Å²) in [7, 11) is 9.11. The average Bonchev–Trinajstić information content (AvgIpc) is 3.29. The SMILES string of the molecule is COc1cc(NC(=O)[C@@H](Nc2ccc3c(cc2=O)[C@@H](NC(C)=O)CCc2cc(OC)c(OC)c(OC)c2-3)C(C)C)cc(OC)c1OC. The number of benzene rings is 2. The topological polar surface area (TPSA) is 143 Å². The van der Waals surface area contributed by atoms with E-state index in [-0.39, 0.29) is 28.8 Å². The predicted molar refractivity (Wildman–Crippen MR) is 180 cm³/mol. The first-order chi connectivity index (χ1) is 22.5. The Morgan fingerprint density at radius 3 is 1.91 bits per heavy atom. The summed E-state index contributed by atoms with van der Waals surface area (Å²) in [4.78, 5) is 39.8. The van der Waals surface area contributed by atoms with Crippen molar-refractivity contribution in [3.63, 3.8) is 0 Å². The van der Waals surface area contributed by atoms with E-state index in [0.29, 0.717) is 64.2 Å². The largest absolute Gasteiger partial charge is 0.493 e. The molecular weight excluding hydrogens is 606 g/mol. The molecule has 12 heteroatoms. The lowest BCUT2D eigenvalue weighted by molar-refractivity contribution is -0.120. The van der Waals surface area contributed by atoms with E-state index in [1.165, 1.54) is 41.4 Å². The van der Waals surface area contributed by atoms with Crippen LogP contribution in [0.15, 0.2) is 41.2 Å². The van der Waals surface area contributed by atoms with Crippen molar-refractivity contribution in [1.82, 2.24) is 5.32 Å². The van der Waals surface area contributed by atoms with Gasteiger partial charge < -0.3 is 44.4 Å². The molecule has 2 atom stereocenters. The van der Waals surface area contributed by atoms with Gasteiger partial charge in [0.05, 0.1) is 54.4 Å². The van der Waals surface area contributed by atoms with Crippen molar-refractivity contribution in [2.24, 2.45) is 5.92 Å². The Bertz CT molecular complexity index is 1680. The zero-order valence-corrected chi connectivity index (χ0v) is 28.3. The number of ether oxygens (including phenoxy) is 6. The number of fused-ring (bicyclic) bond motifs is 3. The van der Waals surface area contributed by atoms with Gasteiger partial charge in [-0.15, -0.1) is 0 Å². The van der Waals surface area contributed by atoms with Crippen LogP contribution < -0.4 is 49.8 Å². The second kappa shape index (κ2) is 15.0. The van der Waals surface area contributed by atoms with Crippen LogP contribution in [0.5, 0.6) is 34.5 Å². The van der Waals surface area contributed by atoms with Crippen LogP contribution in [-0.4, -0.2) is 60.5 Å². The number of carbonyl (C=O) groups is 2. The molecule has 3 aromatic rings. The van der Waals surface area contributed by atoms with Gasteiger partial charge >= 0.3 is 0 Å². The van der Waals surface area contributed by atoms with E-state index >= 15 is 0 Å². The third-order valence-electron chi connectivity index (χ3n) is 8.11. The number of hydrogen-bond donors (Lipinski definition) is 3. The molecular formula is C35H43N3O9. The minimum absolute atomic E-state index is 0.208. The maximum atomic E-state index is 13.9. The van der Waals surface area contributed by atoms with Gasteiger partial charge in [-0.1, -0.05) is 19.9 Å². The van der Waals surface area contributed by atoms with Crippen molar-refractivity contribution in [3.05, 3.63) is 57.7 Å². The summed E-state index contributed by atoms with van der Waals surface area (Å²) in [5, 5.41) is 9.09. The number of aryl methyl sites for hydroxylation is 1. The van der Waals surface area contributed by atoms with Crippen molar-refractivity contribution in [3.8, 4) is 45.6 Å². The summed E-state index contributed by atoms with van der Waals surface area (Å²) in [6.45, 7) is 5.20. The number of anilines is 2. The molecule has 252 valence electrons. The molecule has 0 saturated carbocycles. The van der Waals surface area contributed by atoms with Gasteiger partial charge in [0, 0.05) is 30.3 Å². The first-order valence-electron chi connectivity index (χ1n) is 15.2. The van der Waals surface area contributed by atoms with Crippen LogP contribution in [0.25, 0.3) is 11.1 Å². The smallest absolute Gasteiger partial charge is 0.247 e. The summed E-state index contributed by atoms with van der Waals surface area (Å²) in [5.41, 5.74) is 3.22. The molecule has 0 radical (unpaired) electrons. The highest BCUT2D eigenvalue weighted by molar-refractivity contribution is 5.97. The number of methoxy groups -OCH3 is 6. The van der Waals surface area contributed by atoms with Gasteiger partial charge in [-0.3, -0.25) is 14.4 Å². The van der Waals surface area contributed by atoms with Crippen LogP contribution in [0, 0.1) is 5.92 Å². The molecule has 0 aromatic heterocycles. The monoisotopic (exact) mass is 649 g/mol. The van der Waals surface area contributed by atoms with E-state index in [1.807, 2.05) is 19.9 Å². The number of carbonyl (C=O) groups excluding carboxylic acids is 2. The van der Waals surface area contributed by atoms with E-state index in [2.05, 4.69) is 16.0 Å². The zero-order valence-electron chi connectivity index (χ0n) is 28.3. The molecule has 0 spiro atoms. The van der Waals surface area contributed by atoms with Gasteiger partial charge in [0.1, 0.15) is 6.04 Å². The van der Waals surface area contributed by atoms with Gasteiger partial charge in [-0.05, 0) is 53.6 Å². The molecule has 12 nitrogen and oxygen atoms in total. The lowest BCUT2D eigenvalue weighted by Gasteiger charge is -2.23. The van der Waals surface area contributed by atoms with Crippen LogP contribution in [0.3, 0.4) is 0 Å². The van der Waals surface area contributed by atoms with Gasteiger partial charge in [0.25, 0.3) is 0 Å². The maximum Gasteiger partial charge on any atom is 0.247 e. The van der Waals surface area contributed by atoms with Gasteiger partial charge in [-0.2, -0.15) is 0 Å². The Labute approximate surface area is 274 Å². The molecule has 1 aliphatic rings. The molecule has 4 rings (SSSR count). The molecule has 0 aliphatic heterocycles. The third-order valence-corrected chi connectivity index (χ3v) is 8.11. The first-order valence-corrected chi connectivity index (χ1v) is 15.2. The number of rotatable bonds is 12. The molecule has 1 aliphatic carbocycles. The molecule has 0 bridgehead atoms. The van der Waals surface area contributed by atoms with Crippen LogP contribution in [0.1, 0.15) is 44.4 Å². The van der Waals surface area contributed by atoms with E-state index in [1.54, 1.807) is 38.5 Å². The average molecular weight is 650 g/mol. The molecule has 0 unspecified atom stereocenters. The number of nitrogens with one attached hydrogen (secondary N) is 3. The summed E-state index contributed by atoms with van der Waals surface area (Å²) in [6.07, 6.45) is 1.10. The van der Waals surface area contributed by atoms with E-state index < -0.39 is 12.1 Å². The predicted octanol–water partition coefficient (Wildman–Crippen LogP) is 4.96. The highest BCUT2D eigenvalue weighted by Crippen LogP contribution is 2.50. The Morgan fingerprint density at radius 2 is 1.38 bits per heavy atom. The van der Waals surface area contributed by atoms with E-state index in [0.717, 1.165) is 11.1 Å². The standard InChI is InChI=1S/C35H43N3O9/c1-18(2)31(35(41)37-21-15-28(43-5)32(45-7)29(16-21)44-6)38-25-13-11-22-23(17-26(25)40)24(36-19(3)39)12-10-20-14-27(42-4)33(46-8)34(47-9)30(20)22/h11,13-18,24,31H,10,12H2,1-9H3,(H,36,39)(H,37,41)(H,38,40)/t24-,31-/m0/s1. The summed E-state index contributed by atoms with van der Waals surface area (Å²) < 4.78 is 33.4. The van der Waals surface area contributed by atoms with Crippen LogP contribution in [-0.2, 0) is 16.0 Å². The molecule has 2 amide bonds. The molecule has 0 heterocycles. The van der Waals surface area contributed by atoms with Crippen molar-refractivity contribution in [2.75, 3.05) is 53.3 Å². The van der Waals surface area contributed by atoms with Crippen molar-refractivity contribution >= 4 is 23.2 Å². The fraction of sp³-hybridized carbons (Fsp3) is 0.400. The summed E-state index contributed by atoms with van der Waals surface area (Å²) >= 11 is 0. The van der Waals surface area contributed by atoms with E-state index in [4.69, 9.17) is 28.4 Å². The molecule has 0 fully saturated rings. The highest BCUT2D eigenvalue weighted by Gasteiger charge is 2.30. The van der Waals surface area contributed by atoms with Crippen molar-refractivity contribution in [1.29, 1.82) is 0 Å². The zero-order chi connectivity index (χ0) is 34.4. The van der Waals surface area contributed by atoms with Crippen LogP contribution in [0.4, 0.5) is 11.4 Å². The second-order valence-electron chi connectivity index (χ2n) is 11.4. The molecule has 3 N–H and O–H groups in total. The maximum absolute atomic E-state index is 13.9. The summed E-state index contributed by atoms with van der Waals surface area (Å²) in [6, 6.07) is 8.86. The molecule has 47 heavy (non-hydrogen) atoms. The second-order valence-corrected chi connectivity index (χ2v) is 11.4. The Kier molecular flexibility index (Phi) is 11.1. The molecule has 3 aromatic carbocycles. The van der Waals surface area contributed by atoms with Crippen molar-refractivity contribution in [2.45, 2.75) is 45.7 Å². The summed E-state index contributed by atoms with van der Waals surface area (Å²) in [5.74, 6) is 1.71. The highest BCUT2D eigenvalue weighted by atomic mass is 16.5. The lowest BCUT2D eigenvalue weighted by Crippen LogP contribution is -2.39. The van der Waals surface area contributed by atoms with Gasteiger partial charge in [0.15, 0.2) is 23.0 Å². The fourth-order valence-corrected chi connectivity index (χ4v) is 5.90. The van der Waals surface area contributed by atoms with Gasteiger partial charge in [0.2, 0.25) is 28.7 Å². The Morgan fingerprint density at radius 1 is 0.787 bits per heavy atom.